The Balaban J connectivity index is 2.08. The number of rotatable bonds is 4. The number of hydrogen-bond acceptors (Lipinski definition) is 2. The average Bonchev–Trinajstić information content (AvgIpc) is 2.38. The molecule has 0 aliphatic carbocycles. The minimum atomic E-state index is 0.587. The van der Waals surface area contributed by atoms with Crippen molar-refractivity contribution in [2.45, 2.75) is 6.61 Å². The van der Waals surface area contributed by atoms with Gasteiger partial charge >= 0.3 is 0 Å². The zero-order valence-electron chi connectivity index (χ0n) is 10.9. The predicted molar refractivity (Wildman–Crippen MR) is 76.0 cm³/mol. The molecule has 2 aromatic rings. The van der Waals surface area contributed by atoms with Crippen LogP contribution in [0.3, 0.4) is 0 Å². The fraction of sp³-hybridized carbons (Fsp3) is 0.188. The minimum Gasteiger partial charge on any atom is -0.489 e. The van der Waals surface area contributed by atoms with Crippen LogP contribution in [0.25, 0.3) is 0 Å². The molecule has 0 spiro atoms. The van der Waals surface area contributed by atoms with Gasteiger partial charge < -0.3 is 9.64 Å². The van der Waals surface area contributed by atoms with Crippen molar-refractivity contribution in [2.24, 2.45) is 0 Å². The van der Waals surface area contributed by atoms with Gasteiger partial charge in [0.15, 0.2) is 0 Å². The zero-order valence-corrected chi connectivity index (χ0v) is 10.9. The molecule has 0 amide bonds. The molecule has 18 heavy (non-hydrogen) atoms. The highest BCUT2D eigenvalue weighted by molar-refractivity contribution is 5.57. The monoisotopic (exact) mass is 240 g/mol. The summed E-state index contributed by atoms with van der Waals surface area (Å²) < 4.78 is 5.78. The predicted octanol–water partition coefficient (Wildman–Crippen LogP) is 3.51. The van der Waals surface area contributed by atoms with Crippen molar-refractivity contribution < 1.29 is 4.74 Å². The summed E-state index contributed by atoms with van der Waals surface area (Å²) in [4.78, 5) is 2.04. The number of anilines is 1. The van der Waals surface area contributed by atoms with E-state index in [9.17, 15) is 0 Å². The van der Waals surface area contributed by atoms with Gasteiger partial charge in [0.05, 0.1) is 0 Å². The smallest absolute Gasteiger partial charge is 0.121 e. The third-order valence-corrected chi connectivity index (χ3v) is 2.79. The quantitative estimate of drug-likeness (QED) is 0.810. The lowest BCUT2D eigenvalue weighted by Gasteiger charge is -2.17. The van der Waals surface area contributed by atoms with E-state index in [4.69, 9.17) is 4.74 Å². The Labute approximate surface area is 109 Å². The maximum Gasteiger partial charge on any atom is 0.121 e. The van der Waals surface area contributed by atoms with Gasteiger partial charge in [-0.25, -0.2) is 0 Å². The summed E-state index contributed by atoms with van der Waals surface area (Å²) in [7, 11) is 4.01. The first-order valence-corrected chi connectivity index (χ1v) is 5.97. The molecule has 0 saturated carbocycles. The maximum atomic E-state index is 5.78. The van der Waals surface area contributed by atoms with Crippen LogP contribution in [-0.2, 0) is 6.61 Å². The number of ether oxygens (including phenoxy) is 1. The van der Waals surface area contributed by atoms with E-state index in [0.717, 1.165) is 17.0 Å². The van der Waals surface area contributed by atoms with Gasteiger partial charge in [0, 0.05) is 25.8 Å². The van der Waals surface area contributed by atoms with E-state index < -0.39 is 0 Å². The lowest BCUT2D eigenvalue weighted by molar-refractivity contribution is 0.306. The standard InChI is InChI=1S/C16H18NO/c1-13-9-10-15(11-16(13)17(2)3)18-12-14-7-5-4-6-8-14/h4-11H,1,12H2,2-3H3. The highest BCUT2D eigenvalue weighted by atomic mass is 16.5. The van der Waals surface area contributed by atoms with E-state index in [0.29, 0.717) is 6.61 Å². The van der Waals surface area contributed by atoms with Crippen LogP contribution in [0.15, 0.2) is 48.5 Å². The normalized spacial score (nSPS) is 10.2. The van der Waals surface area contributed by atoms with Gasteiger partial charge in [-0.15, -0.1) is 0 Å². The summed E-state index contributed by atoms with van der Waals surface area (Å²) in [6, 6.07) is 16.1. The van der Waals surface area contributed by atoms with Crippen LogP contribution in [0, 0.1) is 6.92 Å². The lowest BCUT2D eigenvalue weighted by Crippen LogP contribution is -2.10. The van der Waals surface area contributed by atoms with Crippen LogP contribution in [0.5, 0.6) is 5.75 Å². The van der Waals surface area contributed by atoms with Crippen LogP contribution in [0.4, 0.5) is 5.69 Å². The molecule has 2 heteroatoms. The van der Waals surface area contributed by atoms with Crippen molar-refractivity contribution in [2.75, 3.05) is 19.0 Å². The van der Waals surface area contributed by atoms with Crippen LogP contribution in [-0.4, -0.2) is 14.1 Å². The molecule has 0 aliphatic rings. The van der Waals surface area contributed by atoms with E-state index in [1.54, 1.807) is 0 Å². The molecule has 2 aromatic carbocycles. The highest BCUT2D eigenvalue weighted by Gasteiger charge is 2.03. The van der Waals surface area contributed by atoms with E-state index in [1.807, 2.05) is 55.4 Å². The third-order valence-electron chi connectivity index (χ3n) is 2.79. The van der Waals surface area contributed by atoms with Crippen molar-refractivity contribution in [1.29, 1.82) is 0 Å². The Morgan fingerprint density at radius 2 is 1.78 bits per heavy atom. The molecule has 0 saturated heterocycles. The second kappa shape index (κ2) is 5.58. The largest absolute Gasteiger partial charge is 0.489 e. The summed E-state index contributed by atoms with van der Waals surface area (Å²) in [5.74, 6) is 0.870. The Morgan fingerprint density at radius 3 is 2.44 bits per heavy atom. The van der Waals surface area contributed by atoms with Gasteiger partial charge in [0.25, 0.3) is 0 Å². The van der Waals surface area contributed by atoms with Crippen LogP contribution in [0.1, 0.15) is 11.1 Å². The van der Waals surface area contributed by atoms with Crippen molar-refractivity contribution in [3.8, 4) is 5.75 Å². The van der Waals surface area contributed by atoms with E-state index in [-0.39, 0.29) is 0 Å². The Kier molecular flexibility index (Phi) is 3.88. The van der Waals surface area contributed by atoms with Gasteiger partial charge in [-0.2, -0.15) is 0 Å². The fourth-order valence-corrected chi connectivity index (χ4v) is 1.79. The van der Waals surface area contributed by atoms with Gasteiger partial charge in [-0.05, 0) is 24.1 Å². The number of hydrogen-bond donors (Lipinski definition) is 0. The Bertz CT molecular complexity index is 506. The van der Waals surface area contributed by atoms with Crippen molar-refractivity contribution in [1.82, 2.24) is 0 Å². The molecule has 93 valence electrons. The minimum absolute atomic E-state index is 0.587. The maximum absolute atomic E-state index is 5.78. The first-order chi connectivity index (χ1) is 8.66. The molecule has 0 aliphatic heterocycles. The second-order valence-electron chi connectivity index (χ2n) is 4.46. The number of benzene rings is 2. The van der Waals surface area contributed by atoms with E-state index in [2.05, 4.69) is 19.1 Å². The second-order valence-corrected chi connectivity index (χ2v) is 4.46. The Morgan fingerprint density at radius 1 is 1.06 bits per heavy atom. The molecule has 0 heterocycles. The van der Waals surface area contributed by atoms with Gasteiger partial charge in [0.2, 0.25) is 0 Å². The molecule has 0 aromatic heterocycles. The molecule has 0 unspecified atom stereocenters. The van der Waals surface area contributed by atoms with Crippen molar-refractivity contribution in [3.05, 3.63) is 66.6 Å². The SMILES string of the molecule is [CH2]c1ccc(OCc2ccccc2)cc1N(C)C. The first kappa shape index (κ1) is 12.5. The average molecular weight is 240 g/mol. The molecular weight excluding hydrogens is 222 g/mol. The van der Waals surface area contributed by atoms with Crippen molar-refractivity contribution in [3.63, 3.8) is 0 Å². The van der Waals surface area contributed by atoms with Gasteiger partial charge in [-0.1, -0.05) is 36.4 Å². The topological polar surface area (TPSA) is 12.5 Å². The zero-order chi connectivity index (χ0) is 13.0. The number of nitrogens with zero attached hydrogens (tertiary/aromatic N) is 1. The molecule has 0 N–H and O–H groups in total. The molecule has 0 fully saturated rings. The molecule has 0 atom stereocenters. The lowest BCUT2D eigenvalue weighted by atomic mass is 10.2. The fourth-order valence-electron chi connectivity index (χ4n) is 1.79. The molecule has 2 nitrogen and oxygen atoms in total. The molecule has 1 radical (unpaired) electrons. The Hall–Kier alpha value is -1.96. The molecule has 2 rings (SSSR count). The van der Waals surface area contributed by atoms with E-state index >= 15 is 0 Å². The first-order valence-electron chi connectivity index (χ1n) is 5.97. The summed E-state index contributed by atoms with van der Waals surface area (Å²) in [6.45, 7) is 4.59. The summed E-state index contributed by atoms with van der Waals surface area (Å²) in [5.41, 5.74) is 3.26. The summed E-state index contributed by atoms with van der Waals surface area (Å²) in [5, 5.41) is 0. The van der Waals surface area contributed by atoms with Gasteiger partial charge in [0.1, 0.15) is 12.4 Å². The third kappa shape index (κ3) is 3.04. The summed E-state index contributed by atoms with van der Waals surface area (Å²) in [6.07, 6.45) is 0. The van der Waals surface area contributed by atoms with Crippen molar-refractivity contribution >= 4 is 5.69 Å². The molecule has 0 bridgehead atoms. The van der Waals surface area contributed by atoms with E-state index in [1.165, 1.54) is 5.56 Å². The van der Waals surface area contributed by atoms with Crippen LogP contribution >= 0.6 is 0 Å². The highest BCUT2D eigenvalue weighted by Crippen LogP contribution is 2.24. The van der Waals surface area contributed by atoms with Crippen LogP contribution < -0.4 is 9.64 Å². The molecular formula is C16H18NO. The van der Waals surface area contributed by atoms with Gasteiger partial charge in [-0.3, -0.25) is 0 Å². The summed E-state index contributed by atoms with van der Waals surface area (Å²) >= 11 is 0. The van der Waals surface area contributed by atoms with Crippen LogP contribution in [0.2, 0.25) is 0 Å².